The minimum absolute atomic E-state index is 0.0946. The molecule has 1 aliphatic heterocycles. The Kier molecular flexibility index (Phi) is 11.9. The predicted octanol–water partition coefficient (Wildman–Crippen LogP) is 4.92. The zero-order valence-corrected chi connectivity index (χ0v) is 28.3. The van der Waals surface area contributed by atoms with Crippen LogP contribution in [0.2, 0.25) is 0 Å². The standard InChI is InChI=1S/C36H48N6O5/c1-6-47-22-21-42-31-13-8-7-12-30(31)39-36(42)41-17-10-16-40(19-20-41)18-14-28(27-11-9-15-37-24-27)25-38-35(43)29-23-32(44-3)34(46-5)33(45-4)26(29)2/h7-9,11-13,15,23-24,28H,6,10,14,16-22,25H2,1-5H3,(H,38,43). The fraction of sp³-hybridized carbons (Fsp3) is 0.472. The van der Waals surface area contributed by atoms with Crippen molar-refractivity contribution in [1.82, 2.24) is 24.8 Å². The summed E-state index contributed by atoms with van der Waals surface area (Å²) >= 11 is 0. The number of amides is 1. The van der Waals surface area contributed by atoms with Crippen molar-refractivity contribution in [3.8, 4) is 17.2 Å². The second kappa shape index (κ2) is 16.5. The van der Waals surface area contributed by atoms with Crippen LogP contribution in [-0.4, -0.2) is 99.2 Å². The molecule has 0 spiro atoms. The monoisotopic (exact) mass is 644 g/mol. The number of imidazole rings is 1. The van der Waals surface area contributed by atoms with E-state index in [-0.39, 0.29) is 11.8 Å². The molecule has 252 valence electrons. The Labute approximate surface area is 277 Å². The summed E-state index contributed by atoms with van der Waals surface area (Å²) in [6.07, 6.45) is 5.61. The lowest BCUT2D eigenvalue weighted by Gasteiger charge is -2.25. The fourth-order valence-corrected chi connectivity index (χ4v) is 6.41. The van der Waals surface area contributed by atoms with Crippen LogP contribution in [0.15, 0.2) is 54.9 Å². The molecule has 1 amide bonds. The molecule has 1 fully saturated rings. The zero-order chi connectivity index (χ0) is 33.2. The first-order chi connectivity index (χ1) is 23.0. The van der Waals surface area contributed by atoms with Crippen molar-refractivity contribution in [2.45, 2.75) is 39.2 Å². The molecule has 11 nitrogen and oxygen atoms in total. The quantitative estimate of drug-likeness (QED) is 0.181. The van der Waals surface area contributed by atoms with E-state index in [0.29, 0.717) is 48.1 Å². The number of benzene rings is 2. The summed E-state index contributed by atoms with van der Waals surface area (Å²) in [6, 6.07) is 14.1. The minimum atomic E-state index is -0.187. The minimum Gasteiger partial charge on any atom is -0.493 e. The molecule has 1 aliphatic rings. The molecule has 2 aromatic carbocycles. The molecule has 47 heavy (non-hydrogen) atoms. The van der Waals surface area contributed by atoms with E-state index < -0.39 is 0 Å². The summed E-state index contributed by atoms with van der Waals surface area (Å²) < 4.78 is 24.6. The van der Waals surface area contributed by atoms with E-state index in [4.69, 9.17) is 23.9 Å². The first-order valence-electron chi connectivity index (χ1n) is 16.5. The molecule has 1 saturated heterocycles. The molecule has 0 bridgehead atoms. The van der Waals surface area contributed by atoms with Gasteiger partial charge in [0.15, 0.2) is 11.5 Å². The van der Waals surface area contributed by atoms with Crippen LogP contribution >= 0.6 is 0 Å². The number of anilines is 1. The first-order valence-corrected chi connectivity index (χ1v) is 16.5. The molecule has 11 heteroatoms. The third-order valence-electron chi connectivity index (χ3n) is 8.95. The number of aromatic nitrogens is 3. The number of ether oxygens (including phenoxy) is 4. The molecule has 0 saturated carbocycles. The van der Waals surface area contributed by atoms with Gasteiger partial charge in [-0.25, -0.2) is 4.98 Å². The Hall–Kier alpha value is -4.35. The van der Waals surface area contributed by atoms with Gasteiger partial charge in [0.25, 0.3) is 5.91 Å². The van der Waals surface area contributed by atoms with E-state index in [9.17, 15) is 4.79 Å². The Morgan fingerprint density at radius 3 is 2.55 bits per heavy atom. The maximum absolute atomic E-state index is 13.5. The number of para-hydroxylation sites is 2. The summed E-state index contributed by atoms with van der Waals surface area (Å²) in [4.78, 5) is 27.9. The molecular formula is C36H48N6O5. The second-order valence-corrected chi connectivity index (χ2v) is 11.7. The van der Waals surface area contributed by atoms with Gasteiger partial charge < -0.3 is 38.6 Å². The number of nitrogens with one attached hydrogen (secondary N) is 1. The lowest BCUT2D eigenvalue weighted by Crippen LogP contribution is -2.34. The Morgan fingerprint density at radius 2 is 1.81 bits per heavy atom. The van der Waals surface area contributed by atoms with Crippen LogP contribution < -0.4 is 24.4 Å². The average molecular weight is 645 g/mol. The summed E-state index contributed by atoms with van der Waals surface area (Å²) in [5, 5.41) is 3.18. The summed E-state index contributed by atoms with van der Waals surface area (Å²) in [6.45, 7) is 11.2. The molecule has 0 aliphatic carbocycles. The van der Waals surface area contributed by atoms with E-state index in [1.165, 1.54) is 0 Å². The second-order valence-electron chi connectivity index (χ2n) is 11.7. The summed E-state index contributed by atoms with van der Waals surface area (Å²) in [5.41, 5.74) is 4.45. The maximum Gasteiger partial charge on any atom is 0.251 e. The van der Waals surface area contributed by atoms with E-state index in [1.54, 1.807) is 33.6 Å². The Bertz CT molecular complexity index is 1610. The van der Waals surface area contributed by atoms with Crippen molar-refractivity contribution in [1.29, 1.82) is 0 Å². The molecule has 4 aromatic rings. The Morgan fingerprint density at radius 1 is 0.979 bits per heavy atom. The number of nitrogens with zero attached hydrogens (tertiary/aromatic N) is 5. The summed E-state index contributed by atoms with van der Waals surface area (Å²) in [5.74, 6) is 2.33. The number of hydrogen-bond acceptors (Lipinski definition) is 9. The number of fused-ring (bicyclic) bond motifs is 1. The van der Waals surface area contributed by atoms with Gasteiger partial charge in [0.1, 0.15) is 0 Å². The van der Waals surface area contributed by atoms with Crippen molar-refractivity contribution < 1.29 is 23.7 Å². The molecule has 1 atom stereocenters. The van der Waals surface area contributed by atoms with Crippen LogP contribution in [0, 0.1) is 6.92 Å². The molecule has 5 rings (SSSR count). The normalized spacial score (nSPS) is 14.5. The van der Waals surface area contributed by atoms with Crippen LogP contribution in [0.3, 0.4) is 0 Å². The van der Waals surface area contributed by atoms with E-state index in [0.717, 1.165) is 74.7 Å². The van der Waals surface area contributed by atoms with Crippen molar-refractivity contribution >= 4 is 22.9 Å². The van der Waals surface area contributed by atoms with Crippen molar-refractivity contribution in [3.05, 3.63) is 71.5 Å². The highest BCUT2D eigenvalue weighted by Crippen LogP contribution is 2.41. The topological polar surface area (TPSA) is 103 Å². The van der Waals surface area contributed by atoms with Crippen LogP contribution in [0.25, 0.3) is 11.0 Å². The molecular weight excluding hydrogens is 596 g/mol. The van der Waals surface area contributed by atoms with E-state index in [2.05, 4.69) is 48.9 Å². The SMILES string of the molecule is CCOCCn1c(N2CCCN(CCC(CNC(=O)c3cc(OC)c(OC)c(OC)c3C)c3cccnc3)CC2)nc2ccccc21. The largest absolute Gasteiger partial charge is 0.493 e. The zero-order valence-electron chi connectivity index (χ0n) is 28.3. The lowest BCUT2D eigenvalue weighted by atomic mass is 9.96. The number of rotatable bonds is 15. The van der Waals surface area contributed by atoms with Crippen molar-refractivity contribution in [2.24, 2.45) is 0 Å². The number of carbonyl (C=O) groups excluding carboxylic acids is 1. The fourth-order valence-electron chi connectivity index (χ4n) is 6.41. The van der Waals surface area contributed by atoms with Crippen LogP contribution in [0.5, 0.6) is 17.2 Å². The van der Waals surface area contributed by atoms with Gasteiger partial charge in [-0.2, -0.15) is 0 Å². The van der Waals surface area contributed by atoms with Crippen LogP contribution in [0.1, 0.15) is 47.2 Å². The van der Waals surface area contributed by atoms with E-state index >= 15 is 0 Å². The number of carbonyl (C=O) groups is 1. The third kappa shape index (κ3) is 7.97. The molecule has 0 radical (unpaired) electrons. The first kappa shape index (κ1) is 34.0. The number of hydrogen-bond donors (Lipinski definition) is 1. The van der Waals surface area contributed by atoms with Gasteiger partial charge in [0.05, 0.1) is 39.0 Å². The molecule has 1 N–H and O–H groups in total. The van der Waals surface area contributed by atoms with Gasteiger partial charge in [-0.05, 0) is 69.6 Å². The highest BCUT2D eigenvalue weighted by atomic mass is 16.5. The van der Waals surface area contributed by atoms with Crippen LogP contribution in [0.4, 0.5) is 5.95 Å². The van der Waals surface area contributed by atoms with Crippen LogP contribution in [-0.2, 0) is 11.3 Å². The smallest absolute Gasteiger partial charge is 0.251 e. The number of pyridine rings is 1. The van der Waals surface area contributed by atoms with Gasteiger partial charge in [0, 0.05) is 68.8 Å². The van der Waals surface area contributed by atoms with Gasteiger partial charge in [0.2, 0.25) is 11.7 Å². The van der Waals surface area contributed by atoms with Gasteiger partial charge in [-0.15, -0.1) is 0 Å². The van der Waals surface area contributed by atoms with Gasteiger partial charge in [-0.1, -0.05) is 18.2 Å². The summed E-state index contributed by atoms with van der Waals surface area (Å²) in [7, 11) is 4.67. The lowest BCUT2D eigenvalue weighted by molar-refractivity contribution is 0.0948. The van der Waals surface area contributed by atoms with Gasteiger partial charge >= 0.3 is 0 Å². The van der Waals surface area contributed by atoms with Crippen molar-refractivity contribution in [2.75, 3.05) is 78.7 Å². The number of methoxy groups -OCH3 is 3. The highest BCUT2D eigenvalue weighted by Gasteiger charge is 2.24. The molecule has 1 unspecified atom stereocenters. The van der Waals surface area contributed by atoms with Gasteiger partial charge in [-0.3, -0.25) is 9.78 Å². The molecule has 2 aromatic heterocycles. The van der Waals surface area contributed by atoms with E-state index in [1.807, 2.05) is 32.2 Å². The predicted molar refractivity (Wildman–Crippen MR) is 184 cm³/mol. The molecule has 3 heterocycles. The highest BCUT2D eigenvalue weighted by molar-refractivity contribution is 5.97. The third-order valence-corrected chi connectivity index (χ3v) is 8.95. The maximum atomic E-state index is 13.5. The van der Waals surface area contributed by atoms with Crippen molar-refractivity contribution in [3.63, 3.8) is 0 Å². The average Bonchev–Trinajstić information content (AvgIpc) is 3.30. The Balaban J connectivity index is 1.25.